The molecule has 4 rings (SSSR count). The summed E-state index contributed by atoms with van der Waals surface area (Å²) in [5, 5.41) is 3.30. The number of aryl methyl sites for hydroxylation is 1. The maximum Gasteiger partial charge on any atom is 0.293 e. The van der Waals surface area contributed by atoms with E-state index in [9.17, 15) is 14.4 Å². The van der Waals surface area contributed by atoms with Crippen LogP contribution in [0, 0.1) is 6.92 Å². The highest BCUT2D eigenvalue weighted by Crippen LogP contribution is 2.35. The second-order valence-electron chi connectivity index (χ2n) is 7.85. The van der Waals surface area contributed by atoms with Gasteiger partial charge in [-0.1, -0.05) is 53.5 Å². The number of rotatable bonds is 7. The van der Waals surface area contributed by atoms with E-state index in [1.165, 1.54) is 0 Å². The van der Waals surface area contributed by atoms with Crippen molar-refractivity contribution in [1.29, 1.82) is 0 Å². The average molecular weight is 606 g/mol. The molecule has 36 heavy (non-hydrogen) atoms. The van der Waals surface area contributed by atoms with Gasteiger partial charge in [0.15, 0.2) is 6.61 Å². The van der Waals surface area contributed by atoms with Crippen LogP contribution in [-0.4, -0.2) is 28.6 Å². The minimum absolute atomic E-state index is 0.0546. The number of hydrogen-bond acceptors (Lipinski definition) is 5. The number of imide groups is 1. The fraction of sp³-hybridized carbons (Fsp3) is 0.115. The van der Waals surface area contributed by atoms with Gasteiger partial charge in [0.1, 0.15) is 5.75 Å². The van der Waals surface area contributed by atoms with Crippen molar-refractivity contribution in [3.63, 3.8) is 0 Å². The molecule has 184 valence electrons. The Hall–Kier alpha value is -2.78. The van der Waals surface area contributed by atoms with Gasteiger partial charge < -0.3 is 10.1 Å². The number of halogens is 3. The van der Waals surface area contributed by atoms with Crippen molar-refractivity contribution >= 4 is 79.7 Å². The lowest BCUT2D eigenvalue weighted by Crippen LogP contribution is -2.27. The summed E-state index contributed by atoms with van der Waals surface area (Å²) >= 11 is 16.4. The van der Waals surface area contributed by atoms with Crippen LogP contribution in [0.1, 0.15) is 16.7 Å². The van der Waals surface area contributed by atoms with Crippen molar-refractivity contribution in [3.8, 4) is 5.75 Å². The molecule has 1 N–H and O–H groups in total. The van der Waals surface area contributed by atoms with E-state index in [0.29, 0.717) is 36.3 Å². The largest absolute Gasteiger partial charge is 0.483 e. The van der Waals surface area contributed by atoms with E-state index in [-0.39, 0.29) is 24.3 Å². The zero-order chi connectivity index (χ0) is 25.8. The Kier molecular flexibility index (Phi) is 8.41. The smallest absolute Gasteiger partial charge is 0.293 e. The summed E-state index contributed by atoms with van der Waals surface area (Å²) in [6.45, 7) is 1.80. The van der Waals surface area contributed by atoms with Gasteiger partial charge in [-0.2, -0.15) is 0 Å². The van der Waals surface area contributed by atoms with Crippen LogP contribution in [0.15, 0.2) is 70.0 Å². The maximum absolute atomic E-state index is 12.9. The van der Waals surface area contributed by atoms with Gasteiger partial charge in [0.05, 0.1) is 15.9 Å². The number of carbonyl (C=O) groups excluding carboxylic acids is 3. The number of thioether (sulfide) groups is 1. The minimum Gasteiger partial charge on any atom is -0.483 e. The number of ether oxygens (including phenoxy) is 1. The molecule has 3 aromatic rings. The van der Waals surface area contributed by atoms with Gasteiger partial charge >= 0.3 is 0 Å². The monoisotopic (exact) mass is 604 g/mol. The lowest BCUT2D eigenvalue weighted by Gasteiger charge is -2.13. The molecule has 3 aromatic carbocycles. The van der Waals surface area contributed by atoms with E-state index in [0.717, 1.165) is 27.9 Å². The number of benzene rings is 3. The molecule has 0 aliphatic carbocycles. The third-order valence-electron chi connectivity index (χ3n) is 5.25. The number of anilines is 1. The fourth-order valence-electron chi connectivity index (χ4n) is 3.37. The van der Waals surface area contributed by atoms with Crippen molar-refractivity contribution in [2.24, 2.45) is 0 Å². The van der Waals surface area contributed by atoms with Crippen LogP contribution >= 0.6 is 50.9 Å². The first-order valence-electron chi connectivity index (χ1n) is 10.7. The molecule has 0 atom stereocenters. The summed E-state index contributed by atoms with van der Waals surface area (Å²) in [5.41, 5.74) is 3.00. The summed E-state index contributed by atoms with van der Waals surface area (Å²) in [6, 6.07) is 17.6. The van der Waals surface area contributed by atoms with Gasteiger partial charge in [0, 0.05) is 15.7 Å². The Balaban J connectivity index is 1.40. The molecule has 10 heteroatoms. The number of hydrogen-bond donors (Lipinski definition) is 1. The zero-order valence-electron chi connectivity index (χ0n) is 18.9. The van der Waals surface area contributed by atoms with Crippen molar-refractivity contribution in [2.75, 3.05) is 11.9 Å². The predicted octanol–water partition coefficient (Wildman–Crippen LogP) is 7.32. The molecule has 1 heterocycles. The van der Waals surface area contributed by atoms with E-state index in [1.807, 2.05) is 31.2 Å². The molecule has 1 aliphatic heterocycles. The van der Waals surface area contributed by atoms with E-state index in [4.69, 9.17) is 27.9 Å². The van der Waals surface area contributed by atoms with Gasteiger partial charge in [-0.25, -0.2) is 0 Å². The van der Waals surface area contributed by atoms with Gasteiger partial charge in [-0.3, -0.25) is 19.3 Å². The van der Waals surface area contributed by atoms with E-state index in [2.05, 4.69) is 21.2 Å². The van der Waals surface area contributed by atoms with Gasteiger partial charge in [-0.05, 0) is 87.7 Å². The maximum atomic E-state index is 12.9. The summed E-state index contributed by atoms with van der Waals surface area (Å²) in [7, 11) is 0. The predicted molar refractivity (Wildman–Crippen MR) is 147 cm³/mol. The van der Waals surface area contributed by atoms with Crippen molar-refractivity contribution in [1.82, 2.24) is 4.90 Å². The molecule has 0 bridgehead atoms. The highest BCUT2D eigenvalue weighted by molar-refractivity contribution is 9.10. The summed E-state index contributed by atoms with van der Waals surface area (Å²) in [6.07, 6.45) is 1.63. The molecular weight excluding hydrogens is 587 g/mol. The topological polar surface area (TPSA) is 75.7 Å². The van der Waals surface area contributed by atoms with Gasteiger partial charge in [-0.15, -0.1) is 0 Å². The Morgan fingerprint density at radius 3 is 2.61 bits per heavy atom. The highest BCUT2D eigenvalue weighted by atomic mass is 79.9. The number of nitrogens with one attached hydrogen (secondary N) is 1. The number of para-hydroxylation sites is 1. The Bertz CT molecular complexity index is 1400. The lowest BCUT2D eigenvalue weighted by molar-refractivity contribution is -0.123. The first kappa shape index (κ1) is 26.3. The Morgan fingerprint density at radius 1 is 1.11 bits per heavy atom. The molecule has 1 aliphatic rings. The van der Waals surface area contributed by atoms with Crippen LogP contribution in [0.2, 0.25) is 10.0 Å². The molecule has 0 spiro atoms. The van der Waals surface area contributed by atoms with Crippen LogP contribution in [0.4, 0.5) is 10.5 Å². The molecule has 1 saturated heterocycles. The highest BCUT2D eigenvalue weighted by Gasteiger charge is 2.35. The molecule has 0 radical (unpaired) electrons. The third-order valence-corrected chi connectivity index (χ3v) is 7.36. The van der Waals surface area contributed by atoms with Crippen molar-refractivity contribution < 1.29 is 19.1 Å². The third kappa shape index (κ3) is 6.31. The van der Waals surface area contributed by atoms with Crippen LogP contribution < -0.4 is 10.1 Å². The molecule has 6 nitrogen and oxygen atoms in total. The quantitative estimate of drug-likeness (QED) is 0.286. The van der Waals surface area contributed by atoms with Crippen LogP contribution in [0.25, 0.3) is 6.08 Å². The van der Waals surface area contributed by atoms with E-state index < -0.39 is 5.91 Å². The fourth-order valence-corrected chi connectivity index (χ4v) is 5.19. The lowest BCUT2D eigenvalue weighted by atomic mass is 10.2. The summed E-state index contributed by atoms with van der Waals surface area (Å²) in [4.78, 5) is 39.1. The molecule has 0 unspecified atom stereocenters. The number of amides is 3. The minimum atomic E-state index is -0.402. The first-order valence-corrected chi connectivity index (χ1v) is 13.0. The molecule has 0 aromatic heterocycles. The Labute approximate surface area is 230 Å². The molecular formula is C26H19BrCl2N2O4S. The molecule has 3 amide bonds. The SMILES string of the molecule is Cc1ccccc1NC(=O)COc1ccc(/C=C2\SC(=O)N(Cc3ccc(Cl)cc3Cl)C2=O)cc1Br. The second kappa shape index (κ2) is 11.5. The van der Waals surface area contributed by atoms with Crippen LogP contribution in [0.3, 0.4) is 0 Å². The normalized spacial score (nSPS) is 14.4. The second-order valence-corrected chi connectivity index (χ2v) is 10.5. The molecule has 0 saturated carbocycles. The number of carbonyl (C=O) groups is 3. The summed E-state index contributed by atoms with van der Waals surface area (Å²) < 4.78 is 6.24. The van der Waals surface area contributed by atoms with E-state index >= 15 is 0 Å². The van der Waals surface area contributed by atoms with Crippen molar-refractivity contribution in [2.45, 2.75) is 13.5 Å². The van der Waals surface area contributed by atoms with Gasteiger partial charge in [0.2, 0.25) is 0 Å². The Morgan fingerprint density at radius 2 is 1.89 bits per heavy atom. The van der Waals surface area contributed by atoms with Crippen LogP contribution in [-0.2, 0) is 16.1 Å². The first-order chi connectivity index (χ1) is 17.2. The molecule has 1 fully saturated rings. The van der Waals surface area contributed by atoms with Gasteiger partial charge in [0.25, 0.3) is 17.1 Å². The summed E-state index contributed by atoms with van der Waals surface area (Å²) in [5.74, 6) is -0.215. The van der Waals surface area contributed by atoms with Crippen molar-refractivity contribution in [3.05, 3.63) is 96.8 Å². The zero-order valence-corrected chi connectivity index (χ0v) is 22.8. The van der Waals surface area contributed by atoms with E-state index in [1.54, 1.807) is 42.5 Å². The average Bonchev–Trinajstić information content (AvgIpc) is 3.09. The number of nitrogens with zero attached hydrogens (tertiary/aromatic N) is 1. The standard InChI is InChI=1S/C26H19BrCl2N2O4S/c1-15-4-2-3-5-21(15)30-24(32)14-35-22-9-6-16(10-19(22)27)11-23-25(33)31(26(34)36-23)13-17-7-8-18(28)12-20(17)29/h2-12H,13-14H2,1H3,(H,30,32)/b23-11-. The van der Waals surface area contributed by atoms with Crippen LogP contribution in [0.5, 0.6) is 5.75 Å².